The molecule has 0 saturated carbocycles. The molecular formula is C13H16F3N3O. The number of halogens is 3. The Kier molecular flexibility index (Phi) is 3.89. The highest BCUT2D eigenvalue weighted by Gasteiger charge is 2.33. The number of nitrogens with two attached hydrogens (primary N) is 1. The number of amides is 1. The maximum Gasteiger partial charge on any atom is 0.416 e. The number of hydrogen-bond acceptors (Lipinski definition) is 3. The maximum atomic E-state index is 12.7. The molecule has 0 aliphatic carbocycles. The number of carbonyl (C=O) groups is 1. The molecule has 1 unspecified atom stereocenters. The Morgan fingerprint density at radius 1 is 1.45 bits per heavy atom. The van der Waals surface area contributed by atoms with Gasteiger partial charge in [0.05, 0.1) is 16.8 Å². The first-order valence-electron chi connectivity index (χ1n) is 6.30. The van der Waals surface area contributed by atoms with Gasteiger partial charge in [-0.25, -0.2) is 0 Å². The van der Waals surface area contributed by atoms with Crippen LogP contribution in [-0.2, 0) is 6.18 Å². The summed E-state index contributed by atoms with van der Waals surface area (Å²) in [5.74, 6) is 5.21. The third-order valence-corrected chi connectivity index (χ3v) is 3.44. The molecule has 1 aliphatic heterocycles. The van der Waals surface area contributed by atoms with Crippen LogP contribution in [0.5, 0.6) is 0 Å². The average molecular weight is 287 g/mol. The topological polar surface area (TPSA) is 58.4 Å². The smallest absolute Gasteiger partial charge is 0.338 e. The molecule has 0 spiro atoms. The number of nitrogens with zero attached hydrogens (tertiary/aromatic N) is 1. The van der Waals surface area contributed by atoms with Gasteiger partial charge in [0, 0.05) is 13.1 Å². The number of nitrogen functional groups attached to an aromatic ring is 1. The Balaban J connectivity index is 2.35. The van der Waals surface area contributed by atoms with E-state index in [0.717, 1.165) is 18.6 Å². The van der Waals surface area contributed by atoms with Gasteiger partial charge >= 0.3 is 6.18 Å². The second kappa shape index (κ2) is 5.32. The number of rotatable bonds is 2. The number of alkyl halides is 3. The van der Waals surface area contributed by atoms with Gasteiger partial charge in [-0.1, -0.05) is 6.92 Å². The molecule has 1 atom stereocenters. The minimum Gasteiger partial charge on any atom is -0.338 e. The summed E-state index contributed by atoms with van der Waals surface area (Å²) in [5.41, 5.74) is 1.57. The molecule has 1 aromatic rings. The van der Waals surface area contributed by atoms with Crippen molar-refractivity contribution in [3.8, 4) is 0 Å². The second-order valence-electron chi connectivity index (χ2n) is 5.05. The molecule has 1 aliphatic rings. The second-order valence-corrected chi connectivity index (χ2v) is 5.05. The van der Waals surface area contributed by atoms with Gasteiger partial charge < -0.3 is 10.3 Å². The molecule has 1 fully saturated rings. The number of likely N-dealkylation sites (tertiary alicyclic amines) is 1. The van der Waals surface area contributed by atoms with Crippen molar-refractivity contribution in [2.45, 2.75) is 19.5 Å². The zero-order chi connectivity index (χ0) is 14.9. The standard InChI is InChI=1S/C13H16F3N3O/c1-8-4-5-19(7-8)12(20)10-6-9(13(14,15)16)2-3-11(10)18-17/h2-3,6,8,18H,4-5,7,17H2,1H3. The van der Waals surface area contributed by atoms with Gasteiger partial charge in [-0.05, 0) is 30.5 Å². The minimum atomic E-state index is -4.49. The van der Waals surface area contributed by atoms with Crippen LogP contribution in [0.3, 0.4) is 0 Å². The molecule has 1 saturated heterocycles. The van der Waals surface area contributed by atoms with Crippen molar-refractivity contribution in [1.29, 1.82) is 0 Å². The summed E-state index contributed by atoms with van der Waals surface area (Å²) in [4.78, 5) is 13.9. The first kappa shape index (κ1) is 14.6. The van der Waals surface area contributed by atoms with E-state index in [1.54, 1.807) is 4.90 Å². The first-order chi connectivity index (χ1) is 9.32. The Bertz CT molecular complexity index is 516. The van der Waals surface area contributed by atoms with Gasteiger partial charge in [-0.15, -0.1) is 0 Å². The number of benzene rings is 1. The molecule has 0 bridgehead atoms. The van der Waals surface area contributed by atoms with E-state index in [2.05, 4.69) is 5.43 Å². The summed E-state index contributed by atoms with van der Waals surface area (Å²) in [6.45, 7) is 3.11. The minimum absolute atomic E-state index is 0.0450. The van der Waals surface area contributed by atoms with Gasteiger partial charge in [-0.3, -0.25) is 10.6 Å². The fourth-order valence-electron chi connectivity index (χ4n) is 2.31. The van der Waals surface area contributed by atoms with E-state index in [1.807, 2.05) is 6.92 Å². The highest BCUT2D eigenvalue weighted by atomic mass is 19.4. The molecule has 1 amide bonds. The van der Waals surface area contributed by atoms with Crippen LogP contribution in [0.25, 0.3) is 0 Å². The number of hydrazine groups is 1. The van der Waals surface area contributed by atoms with Crippen LogP contribution in [0.4, 0.5) is 18.9 Å². The van der Waals surface area contributed by atoms with Crippen LogP contribution < -0.4 is 11.3 Å². The molecule has 4 nitrogen and oxygen atoms in total. The van der Waals surface area contributed by atoms with Crippen LogP contribution in [0, 0.1) is 5.92 Å². The first-order valence-corrected chi connectivity index (χ1v) is 6.30. The molecule has 0 radical (unpaired) electrons. The lowest BCUT2D eigenvalue weighted by molar-refractivity contribution is -0.137. The molecule has 20 heavy (non-hydrogen) atoms. The maximum absolute atomic E-state index is 12.7. The Labute approximate surface area is 114 Å². The molecular weight excluding hydrogens is 271 g/mol. The van der Waals surface area contributed by atoms with Crippen LogP contribution in [-0.4, -0.2) is 23.9 Å². The van der Waals surface area contributed by atoms with E-state index < -0.39 is 17.6 Å². The van der Waals surface area contributed by atoms with Crippen LogP contribution >= 0.6 is 0 Å². The molecule has 2 rings (SSSR count). The van der Waals surface area contributed by atoms with E-state index in [4.69, 9.17) is 5.84 Å². The quantitative estimate of drug-likeness (QED) is 0.649. The highest BCUT2D eigenvalue weighted by molar-refractivity contribution is 6.00. The lowest BCUT2D eigenvalue weighted by atomic mass is 10.1. The monoisotopic (exact) mass is 287 g/mol. The Morgan fingerprint density at radius 3 is 2.65 bits per heavy atom. The molecule has 7 heteroatoms. The number of nitrogens with one attached hydrogen (secondary N) is 1. The summed E-state index contributed by atoms with van der Waals surface area (Å²) in [6, 6.07) is 2.93. The van der Waals surface area contributed by atoms with Gasteiger partial charge in [0.2, 0.25) is 0 Å². The van der Waals surface area contributed by atoms with E-state index in [9.17, 15) is 18.0 Å². The molecule has 3 N–H and O–H groups in total. The predicted molar refractivity (Wildman–Crippen MR) is 68.9 cm³/mol. The summed E-state index contributed by atoms with van der Waals surface area (Å²) < 4.78 is 38.2. The third-order valence-electron chi connectivity index (χ3n) is 3.44. The molecule has 0 aromatic heterocycles. The highest BCUT2D eigenvalue weighted by Crippen LogP contribution is 2.32. The van der Waals surface area contributed by atoms with Crippen LogP contribution in [0.2, 0.25) is 0 Å². The van der Waals surface area contributed by atoms with Crippen molar-refractivity contribution in [3.05, 3.63) is 29.3 Å². The van der Waals surface area contributed by atoms with Crippen LogP contribution in [0.1, 0.15) is 29.3 Å². The molecule has 110 valence electrons. The zero-order valence-electron chi connectivity index (χ0n) is 11.0. The largest absolute Gasteiger partial charge is 0.416 e. The van der Waals surface area contributed by atoms with E-state index in [-0.39, 0.29) is 11.3 Å². The van der Waals surface area contributed by atoms with Crippen molar-refractivity contribution >= 4 is 11.6 Å². The van der Waals surface area contributed by atoms with Crippen molar-refractivity contribution in [3.63, 3.8) is 0 Å². The summed E-state index contributed by atoms with van der Waals surface area (Å²) in [7, 11) is 0. The van der Waals surface area contributed by atoms with Crippen molar-refractivity contribution in [1.82, 2.24) is 4.90 Å². The van der Waals surface area contributed by atoms with Crippen molar-refractivity contribution < 1.29 is 18.0 Å². The lowest BCUT2D eigenvalue weighted by Crippen LogP contribution is -2.30. The fraction of sp³-hybridized carbons (Fsp3) is 0.462. The number of anilines is 1. The van der Waals surface area contributed by atoms with E-state index >= 15 is 0 Å². The fourth-order valence-corrected chi connectivity index (χ4v) is 2.31. The summed E-state index contributed by atoms with van der Waals surface area (Å²) >= 11 is 0. The zero-order valence-corrected chi connectivity index (χ0v) is 11.0. The van der Waals surface area contributed by atoms with E-state index in [1.165, 1.54) is 6.07 Å². The summed E-state index contributed by atoms with van der Waals surface area (Å²) in [6.07, 6.45) is -3.63. The lowest BCUT2D eigenvalue weighted by Gasteiger charge is -2.19. The molecule has 1 heterocycles. The Hall–Kier alpha value is -1.76. The average Bonchev–Trinajstić information content (AvgIpc) is 2.82. The Morgan fingerprint density at radius 2 is 2.15 bits per heavy atom. The number of hydrogen-bond donors (Lipinski definition) is 2. The molecule has 1 aromatic carbocycles. The third kappa shape index (κ3) is 2.87. The van der Waals surface area contributed by atoms with Crippen molar-refractivity contribution in [2.75, 3.05) is 18.5 Å². The number of carbonyl (C=O) groups excluding carboxylic acids is 1. The van der Waals surface area contributed by atoms with Gasteiger partial charge in [0.25, 0.3) is 5.91 Å². The van der Waals surface area contributed by atoms with Crippen LogP contribution in [0.15, 0.2) is 18.2 Å². The van der Waals surface area contributed by atoms with E-state index in [0.29, 0.717) is 19.0 Å². The van der Waals surface area contributed by atoms with Gasteiger partial charge in [0.1, 0.15) is 0 Å². The summed E-state index contributed by atoms with van der Waals surface area (Å²) in [5, 5.41) is 0. The van der Waals surface area contributed by atoms with Gasteiger partial charge in [0.15, 0.2) is 0 Å². The SMILES string of the molecule is CC1CCN(C(=O)c2cc(C(F)(F)F)ccc2NN)C1. The predicted octanol–water partition coefficient (Wildman–Crippen LogP) is 2.47. The van der Waals surface area contributed by atoms with Crippen molar-refractivity contribution in [2.24, 2.45) is 11.8 Å². The normalized spacial score (nSPS) is 19.2. The van der Waals surface area contributed by atoms with Gasteiger partial charge in [-0.2, -0.15) is 13.2 Å².